The summed E-state index contributed by atoms with van der Waals surface area (Å²) in [6.45, 7) is 0.157. The van der Waals surface area contributed by atoms with Crippen LogP contribution in [0.15, 0.2) is 36.4 Å². The van der Waals surface area contributed by atoms with Crippen LogP contribution in [-0.2, 0) is 6.42 Å². The van der Waals surface area contributed by atoms with E-state index in [2.05, 4.69) is 16.0 Å². The molecule has 4 aromatic rings. The van der Waals surface area contributed by atoms with Gasteiger partial charge in [-0.3, -0.25) is 0 Å². The molecule has 6 heteroatoms. The molecule has 0 amide bonds. The first-order valence-electron chi connectivity index (χ1n) is 7.49. The van der Waals surface area contributed by atoms with Gasteiger partial charge in [0.25, 0.3) is 0 Å². The van der Waals surface area contributed by atoms with Crippen LogP contribution in [0.1, 0.15) is 15.6 Å². The molecule has 0 unspecified atom stereocenters. The van der Waals surface area contributed by atoms with E-state index >= 15 is 0 Å². The number of nitrogens with zero attached hydrogens (tertiary/aromatic N) is 2. The van der Waals surface area contributed by atoms with E-state index in [9.17, 15) is 5.11 Å². The SMILES string of the molecule is OCCc1ccc2nc(C=Cc3nc4ccc(O)cc4s3)sc2c1. The van der Waals surface area contributed by atoms with Crippen molar-refractivity contribution in [3.05, 3.63) is 52.0 Å². The Hall–Kier alpha value is -2.28. The van der Waals surface area contributed by atoms with Gasteiger partial charge < -0.3 is 10.2 Å². The van der Waals surface area contributed by atoms with Crippen LogP contribution in [-0.4, -0.2) is 26.8 Å². The highest BCUT2D eigenvalue weighted by atomic mass is 32.1. The Morgan fingerprint density at radius 3 is 2.17 bits per heavy atom. The molecular weight excluding hydrogens is 340 g/mol. The minimum absolute atomic E-state index is 0.157. The van der Waals surface area contributed by atoms with Crippen molar-refractivity contribution < 1.29 is 10.2 Å². The standard InChI is InChI=1S/C18H14N2O2S2/c21-8-7-11-1-3-13-15(9-11)23-17(19-13)5-6-18-20-14-4-2-12(22)10-16(14)24-18/h1-6,9-10,21-22H,7-8H2. The summed E-state index contributed by atoms with van der Waals surface area (Å²) in [6, 6.07) is 11.3. The Balaban J connectivity index is 1.63. The molecule has 2 aromatic heterocycles. The van der Waals surface area contributed by atoms with Gasteiger partial charge in [0.05, 0.1) is 20.4 Å². The van der Waals surface area contributed by atoms with Gasteiger partial charge in [-0.2, -0.15) is 0 Å². The zero-order chi connectivity index (χ0) is 16.5. The van der Waals surface area contributed by atoms with Crippen LogP contribution in [0.3, 0.4) is 0 Å². The summed E-state index contributed by atoms with van der Waals surface area (Å²) < 4.78 is 2.09. The van der Waals surface area contributed by atoms with E-state index in [4.69, 9.17) is 5.11 Å². The number of aromatic nitrogens is 2. The van der Waals surface area contributed by atoms with Crippen LogP contribution in [0.2, 0.25) is 0 Å². The third-order valence-corrected chi connectivity index (χ3v) is 5.59. The van der Waals surface area contributed by atoms with Crippen molar-refractivity contribution >= 4 is 55.3 Å². The molecule has 24 heavy (non-hydrogen) atoms. The molecule has 0 saturated carbocycles. The van der Waals surface area contributed by atoms with Crippen molar-refractivity contribution in [2.75, 3.05) is 6.61 Å². The second-order valence-electron chi connectivity index (χ2n) is 5.37. The summed E-state index contributed by atoms with van der Waals surface area (Å²) in [4.78, 5) is 9.13. The summed E-state index contributed by atoms with van der Waals surface area (Å²) in [5.41, 5.74) is 2.97. The molecule has 0 spiro atoms. The Kier molecular flexibility index (Phi) is 4.02. The molecule has 2 aromatic carbocycles. The van der Waals surface area contributed by atoms with Crippen LogP contribution in [0.25, 0.3) is 32.6 Å². The van der Waals surface area contributed by atoms with Crippen molar-refractivity contribution in [2.24, 2.45) is 0 Å². The molecule has 0 fully saturated rings. The highest BCUT2D eigenvalue weighted by molar-refractivity contribution is 7.20. The van der Waals surface area contributed by atoms with Crippen molar-refractivity contribution in [3.8, 4) is 5.75 Å². The number of hydrogen-bond donors (Lipinski definition) is 2. The number of fused-ring (bicyclic) bond motifs is 2. The van der Waals surface area contributed by atoms with E-state index in [-0.39, 0.29) is 12.4 Å². The molecule has 0 aliphatic heterocycles. The third-order valence-electron chi connectivity index (χ3n) is 3.63. The number of aromatic hydroxyl groups is 1. The summed E-state index contributed by atoms with van der Waals surface area (Å²) in [5.74, 6) is 0.256. The van der Waals surface area contributed by atoms with Crippen molar-refractivity contribution in [1.82, 2.24) is 9.97 Å². The Labute approximate surface area is 146 Å². The highest BCUT2D eigenvalue weighted by Gasteiger charge is 2.05. The van der Waals surface area contributed by atoms with Gasteiger partial charge in [-0.15, -0.1) is 22.7 Å². The van der Waals surface area contributed by atoms with Gasteiger partial charge in [-0.05, 0) is 54.5 Å². The van der Waals surface area contributed by atoms with Crippen molar-refractivity contribution in [3.63, 3.8) is 0 Å². The predicted octanol–water partition coefficient (Wildman–Crippen LogP) is 4.32. The Morgan fingerprint density at radius 1 is 0.875 bits per heavy atom. The topological polar surface area (TPSA) is 66.2 Å². The lowest BCUT2D eigenvalue weighted by atomic mass is 10.1. The largest absolute Gasteiger partial charge is 0.508 e. The quantitative estimate of drug-likeness (QED) is 0.573. The molecule has 2 heterocycles. The molecule has 4 nitrogen and oxygen atoms in total. The molecule has 0 aliphatic rings. The number of thiazole rings is 2. The van der Waals surface area contributed by atoms with Gasteiger partial charge in [0.1, 0.15) is 15.8 Å². The van der Waals surface area contributed by atoms with E-state index < -0.39 is 0 Å². The molecule has 120 valence electrons. The van der Waals surface area contributed by atoms with Gasteiger partial charge in [0.2, 0.25) is 0 Å². The maximum Gasteiger partial charge on any atom is 0.117 e. The lowest BCUT2D eigenvalue weighted by molar-refractivity contribution is 0.299. The van der Waals surface area contributed by atoms with Gasteiger partial charge in [0.15, 0.2) is 0 Å². The molecule has 4 rings (SSSR count). The fourth-order valence-electron chi connectivity index (χ4n) is 2.49. The first-order chi connectivity index (χ1) is 11.7. The molecule has 0 radical (unpaired) electrons. The van der Waals surface area contributed by atoms with Crippen molar-refractivity contribution in [2.45, 2.75) is 6.42 Å². The van der Waals surface area contributed by atoms with Crippen LogP contribution in [0.4, 0.5) is 0 Å². The number of hydrogen-bond acceptors (Lipinski definition) is 6. The maximum absolute atomic E-state index is 9.53. The molecule has 0 saturated heterocycles. The molecule has 2 N–H and O–H groups in total. The number of rotatable bonds is 4. The summed E-state index contributed by atoms with van der Waals surface area (Å²) in [7, 11) is 0. The van der Waals surface area contributed by atoms with E-state index in [0.717, 1.165) is 36.0 Å². The zero-order valence-electron chi connectivity index (χ0n) is 12.6. The van der Waals surface area contributed by atoms with Gasteiger partial charge in [-0.1, -0.05) is 6.07 Å². The number of aliphatic hydroxyl groups excluding tert-OH is 1. The monoisotopic (exact) mass is 354 g/mol. The normalized spacial score (nSPS) is 11.9. The Bertz CT molecular complexity index is 1050. The zero-order valence-corrected chi connectivity index (χ0v) is 14.3. The fourth-order valence-corrected chi connectivity index (χ4v) is 4.32. The van der Waals surface area contributed by atoms with Crippen LogP contribution < -0.4 is 0 Å². The molecule has 0 bridgehead atoms. The van der Waals surface area contributed by atoms with Gasteiger partial charge >= 0.3 is 0 Å². The summed E-state index contributed by atoms with van der Waals surface area (Å²) in [5, 5.41) is 20.4. The summed E-state index contributed by atoms with van der Waals surface area (Å²) in [6.07, 6.45) is 4.58. The minimum Gasteiger partial charge on any atom is -0.508 e. The number of phenols is 1. The van der Waals surface area contributed by atoms with Gasteiger partial charge in [0, 0.05) is 6.61 Å². The van der Waals surface area contributed by atoms with Crippen molar-refractivity contribution in [1.29, 1.82) is 0 Å². The summed E-state index contributed by atoms with van der Waals surface area (Å²) >= 11 is 3.16. The minimum atomic E-state index is 0.157. The van der Waals surface area contributed by atoms with E-state index in [1.54, 1.807) is 23.5 Å². The maximum atomic E-state index is 9.53. The molecular formula is C18H14N2O2S2. The second-order valence-corrected chi connectivity index (χ2v) is 7.49. The van der Waals surface area contributed by atoms with E-state index in [1.165, 1.54) is 11.3 Å². The Morgan fingerprint density at radius 2 is 1.50 bits per heavy atom. The third kappa shape index (κ3) is 3.03. The second kappa shape index (κ2) is 6.32. The molecule has 0 aliphatic carbocycles. The average molecular weight is 354 g/mol. The number of aliphatic hydroxyl groups is 1. The lowest BCUT2D eigenvalue weighted by Crippen LogP contribution is -1.88. The van der Waals surface area contributed by atoms with Gasteiger partial charge in [-0.25, -0.2) is 9.97 Å². The van der Waals surface area contributed by atoms with Crippen LogP contribution in [0, 0.1) is 0 Å². The number of benzene rings is 2. The van der Waals surface area contributed by atoms with E-state index in [0.29, 0.717) is 6.42 Å². The number of phenolic OH excluding ortho intramolecular Hbond substituents is 1. The lowest BCUT2D eigenvalue weighted by Gasteiger charge is -1.96. The van der Waals surface area contributed by atoms with Crippen LogP contribution in [0.5, 0.6) is 5.75 Å². The van der Waals surface area contributed by atoms with Crippen LogP contribution >= 0.6 is 22.7 Å². The average Bonchev–Trinajstić information content (AvgIpc) is 3.15. The first-order valence-corrected chi connectivity index (χ1v) is 9.12. The first kappa shape index (κ1) is 15.3. The highest BCUT2D eigenvalue weighted by Crippen LogP contribution is 2.28. The molecule has 0 atom stereocenters. The van der Waals surface area contributed by atoms with E-state index in [1.807, 2.05) is 30.4 Å². The fraction of sp³-hybridized carbons (Fsp3) is 0.111. The predicted molar refractivity (Wildman–Crippen MR) is 101 cm³/mol. The smallest absolute Gasteiger partial charge is 0.117 e.